The molecule has 0 radical (unpaired) electrons. The summed E-state index contributed by atoms with van der Waals surface area (Å²) in [6, 6.07) is 22.9. The van der Waals surface area contributed by atoms with Gasteiger partial charge in [-0.3, -0.25) is 14.7 Å². The minimum Gasteiger partial charge on any atom is -0.496 e. The van der Waals surface area contributed by atoms with Crippen LogP contribution in [0.3, 0.4) is 0 Å². The molecule has 1 saturated heterocycles. The number of fused-ring (bicyclic) bond motifs is 1. The van der Waals surface area contributed by atoms with Crippen LogP contribution in [-0.4, -0.2) is 54.0 Å². The number of carbonyl (C=O) groups excluding carboxylic acids is 1. The van der Waals surface area contributed by atoms with E-state index in [1.54, 1.807) is 7.11 Å². The highest BCUT2D eigenvalue weighted by atomic mass is 16.5. The molecule has 0 saturated carbocycles. The third-order valence-electron chi connectivity index (χ3n) is 7.49. The lowest BCUT2D eigenvalue weighted by Gasteiger charge is -2.35. The van der Waals surface area contributed by atoms with Gasteiger partial charge in [-0.25, -0.2) is 0 Å². The molecule has 1 aliphatic rings. The van der Waals surface area contributed by atoms with Crippen molar-refractivity contribution in [2.75, 3.05) is 33.3 Å². The van der Waals surface area contributed by atoms with Crippen LogP contribution in [0.2, 0.25) is 0 Å². The number of aryl methyl sites for hydroxylation is 2. The van der Waals surface area contributed by atoms with E-state index in [-0.39, 0.29) is 5.91 Å². The quantitative estimate of drug-likeness (QED) is 0.317. The number of ether oxygens (including phenoxy) is 1. The van der Waals surface area contributed by atoms with Crippen molar-refractivity contribution in [1.29, 1.82) is 0 Å². The number of pyridine rings is 1. The monoisotopic (exact) mass is 493 g/mol. The number of nitrogens with zero attached hydrogens (tertiary/aromatic N) is 3. The van der Waals surface area contributed by atoms with E-state index in [0.29, 0.717) is 24.4 Å². The second-order valence-electron chi connectivity index (χ2n) is 9.67. The number of hydrogen-bond acceptors (Lipinski definition) is 4. The third-order valence-corrected chi connectivity index (χ3v) is 7.49. The van der Waals surface area contributed by atoms with Gasteiger partial charge in [0.2, 0.25) is 0 Å². The largest absolute Gasteiger partial charge is 0.496 e. The van der Waals surface area contributed by atoms with Crippen molar-refractivity contribution in [3.05, 3.63) is 95.2 Å². The minimum absolute atomic E-state index is 0.0284. The van der Waals surface area contributed by atoms with E-state index in [2.05, 4.69) is 60.1 Å². The van der Waals surface area contributed by atoms with Gasteiger partial charge in [0.05, 0.1) is 18.2 Å². The number of hydrogen-bond donors (Lipinski definition) is 0. The summed E-state index contributed by atoms with van der Waals surface area (Å²) >= 11 is 0. The maximum absolute atomic E-state index is 13.5. The Kier molecular flexibility index (Phi) is 7.52. The summed E-state index contributed by atoms with van der Waals surface area (Å²) in [4.78, 5) is 22.5. The molecule has 0 aliphatic carbocycles. The number of para-hydroxylation sites is 1. The van der Waals surface area contributed by atoms with Gasteiger partial charge in [-0.15, -0.1) is 0 Å². The Morgan fingerprint density at radius 3 is 2.46 bits per heavy atom. The van der Waals surface area contributed by atoms with Crippen LogP contribution >= 0.6 is 0 Å². The molecule has 190 valence electrons. The van der Waals surface area contributed by atoms with Gasteiger partial charge in [0.15, 0.2) is 0 Å². The molecule has 0 bridgehead atoms. The Bertz CT molecular complexity index is 1400. The number of methoxy groups -OCH3 is 1. The van der Waals surface area contributed by atoms with Crippen molar-refractivity contribution in [2.24, 2.45) is 0 Å². The standard InChI is InChI=1S/C32H35N3O2/c1-4-23-11-12-27(24(5-2)20-23)22-34-16-18-35(19-17-34)32(36)29-14-13-26(21-30(29)37-3)28-10-6-8-25-9-7-15-33-31(25)28/h6-15,20-21H,4-5,16-19,22H2,1-3H3. The van der Waals surface area contributed by atoms with Gasteiger partial charge in [-0.05, 0) is 53.3 Å². The first-order valence-electron chi connectivity index (χ1n) is 13.3. The molecule has 0 spiro atoms. The average Bonchev–Trinajstić information content (AvgIpc) is 2.96. The highest BCUT2D eigenvalue weighted by Crippen LogP contribution is 2.32. The van der Waals surface area contributed by atoms with E-state index < -0.39 is 0 Å². The van der Waals surface area contributed by atoms with E-state index in [4.69, 9.17) is 4.74 Å². The van der Waals surface area contributed by atoms with Gasteiger partial charge in [0.25, 0.3) is 5.91 Å². The zero-order valence-corrected chi connectivity index (χ0v) is 22.0. The predicted octanol–water partition coefficient (Wildman–Crippen LogP) is 5.99. The molecule has 0 N–H and O–H groups in total. The SMILES string of the molecule is CCc1ccc(CN2CCN(C(=O)c3ccc(-c4cccc5cccnc45)cc3OC)CC2)c(CC)c1. The van der Waals surface area contributed by atoms with Crippen molar-refractivity contribution >= 4 is 16.8 Å². The first-order valence-corrected chi connectivity index (χ1v) is 13.3. The van der Waals surface area contributed by atoms with Gasteiger partial charge in [-0.2, -0.15) is 0 Å². The van der Waals surface area contributed by atoms with E-state index in [1.165, 1.54) is 16.7 Å². The molecule has 5 nitrogen and oxygen atoms in total. The number of aromatic nitrogens is 1. The van der Waals surface area contributed by atoms with Crippen LogP contribution in [0.25, 0.3) is 22.0 Å². The van der Waals surface area contributed by atoms with Crippen molar-refractivity contribution in [1.82, 2.24) is 14.8 Å². The first-order chi connectivity index (χ1) is 18.1. The van der Waals surface area contributed by atoms with Crippen molar-refractivity contribution in [2.45, 2.75) is 33.2 Å². The van der Waals surface area contributed by atoms with Crippen molar-refractivity contribution in [3.8, 4) is 16.9 Å². The molecule has 1 fully saturated rings. The van der Waals surface area contributed by atoms with Crippen LogP contribution < -0.4 is 4.74 Å². The highest BCUT2D eigenvalue weighted by Gasteiger charge is 2.25. The average molecular weight is 494 g/mol. The summed E-state index contributed by atoms with van der Waals surface area (Å²) in [5.41, 5.74) is 7.80. The smallest absolute Gasteiger partial charge is 0.257 e. The Hall–Kier alpha value is -3.70. The van der Waals surface area contributed by atoms with E-state index in [1.807, 2.05) is 41.4 Å². The lowest BCUT2D eigenvalue weighted by molar-refractivity contribution is 0.0625. The maximum Gasteiger partial charge on any atom is 0.257 e. The summed E-state index contributed by atoms with van der Waals surface area (Å²) in [6.07, 6.45) is 3.92. The zero-order valence-electron chi connectivity index (χ0n) is 22.0. The number of benzene rings is 3. The Balaban J connectivity index is 1.29. The number of amides is 1. The fourth-order valence-corrected chi connectivity index (χ4v) is 5.28. The first kappa shape index (κ1) is 25.0. The Morgan fingerprint density at radius 2 is 1.70 bits per heavy atom. The third kappa shape index (κ3) is 5.23. The molecule has 5 rings (SSSR count). The summed E-state index contributed by atoms with van der Waals surface area (Å²) in [5, 5.41) is 1.09. The van der Waals surface area contributed by atoms with Crippen molar-refractivity contribution < 1.29 is 9.53 Å². The Labute approximate surface area is 219 Å². The number of piperazine rings is 1. The van der Waals surface area contributed by atoms with Gasteiger partial charge in [0.1, 0.15) is 5.75 Å². The maximum atomic E-state index is 13.5. The molecule has 0 atom stereocenters. The normalized spacial score (nSPS) is 14.2. The molecule has 5 heteroatoms. The number of rotatable bonds is 7. The van der Waals surface area contributed by atoms with Crippen LogP contribution in [0.15, 0.2) is 72.9 Å². The topological polar surface area (TPSA) is 45.7 Å². The van der Waals surface area contributed by atoms with E-state index in [9.17, 15) is 4.79 Å². The predicted molar refractivity (Wildman–Crippen MR) is 150 cm³/mol. The second-order valence-corrected chi connectivity index (χ2v) is 9.67. The summed E-state index contributed by atoms with van der Waals surface area (Å²) in [6.45, 7) is 8.53. The zero-order chi connectivity index (χ0) is 25.8. The second kappa shape index (κ2) is 11.1. The van der Waals surface area contributed by atoms with Gasteiger partial charge < -0.3 is 9.64 Å². The highest BCUT2D eigenvalue weighted by molar-refractivity contribution is 5.99. The summed E-state index contributed by atoms with van der Waals surface area (Å²) < 4.78 is 5.70. The summed E-state index contributed by atoms with van der Waals surface area (Å²) in [5.74, 6) is 0.627. The molecule has 1 aromatic heterocycles. The van der Waals surface area contributed by atoms with Gasteiger partial charge >= 0.3 is 0 Å². The molecule has 37 heavy (non-hydrogen) atoms. The van der Waals surface area contributed by atoms with Gasteiger partial charge in [0, 0.05) is 49.9 Å². The molecule has 0 unspecified atom stereocenters. The molecular formula is C32H35N3O2. The number of carbonyl (C=O) groups is 1. The fraction of sp³-hybridized carbons (Fsp3) is 0.312. The van der Waals surface area contributed by atoms with Crippen LogP contribution in [0.5, 0.6) is 5.75 Å². The van der Waals surface area contributed by atoms with Crippen molar-refractivity contribution in [3.63, 3.8) is 0 Å². The lowest BCUT2D eigenvalue weighted by Crippen LogP contribution is -2.48. The van der Waals surface area contributed by atoms with Gasteiger partial charge in [-0.1, -0.05) is 62.4 Å². The molecule has 1 amide bonds. The fourth-order valence-electron chi connectivity index (χ4n) is 5.28. The van der Waals surface area contributed by atoms with Crippen LogP contribution in [0.4, 0.5) is 0 Å². The van der Waals surface area contributed by atoms with E-state index in [0.717, 1.165) is 54.5 Å². The molecule has 4 aromatic rings. The van der Waals surface area contributed by atoms with Crippen LogP contribution in [-0.2, 0) is 19.4 Å². The summed E-state index contributed by atoms with van der Waals surface area (Å²) in [7, 11) is 1.63. The van der Waals surface area contributed by atoms with Crippen LogP contribution in [0.1, 0.15) is 40.9 Å². The molecule has 1 aliphatic heterocycles. The lowest BCUT2D eigenvalue weighted by atomic mass is 9.99. The van der Waals surface area contributed by atoms with Crippen LogP contribution in [0, 0.1) is 0 Å². The molecular weight excluding hydrogens is 458 g/mol. The molecule has 3 aromatic carbocycles. The molecule has 2 heterocycles. The Morgan fingerprint density at radius 1 is 0.892 bits per heavy atom. The van der Waals surface area contributed by atoms with E-state index >= 15 is 0 Å². The minimum atomic E-state index is 0.0284.